The van der Waals surface area contributed by atoms with Gasteiger partial charge < -0.3 is 16.2 Å². The molecule has 0 aliphatic heterocycles. The Labute approximate surface area is 99.2 Å². The molecular weight excluding hydrogens is 228 g/mol. The number of hydrogen-bond acceptors (Lipinski definition) is 4. The molecule has 0 spiro atoms. The zero-order valence-electron chi connectivity index (χ0n) is 9.10. The molecule has 0 saturated heterocycles. The van der Waals surface area contributed by atoms with Gasteiger partial charge in [-0.3, -0.25) is 4.79 Å². The van der Waals surface area contributed by atoms with Gasteiger partial charge in [0.15, 0.2) is 0 Å². The summed E-state index contributed by atoms with van der Waals surface area (Å²) in [7, 11) is 0. The van der Waals surface area contributed by atoms with Gasteiger partial charge in [0.1, 0.15) is 6.04 Å². The van der Waals surface area contributed by atoms with Crippen molar-refractivity contribution in [2.75, 3.05) is 12.0 Å². The number of carboxylic acid groups (broad SMARTS) is 1. The Bertz CT molecular complexity index is 288. The number of amides is 1. The first-order chi connectivity index (χ1) is 7.52. The van der Waals surface area contributed by atoms with Crippen molar-refractivity contribution in [3.63, 3.8) is 0 Å². The number of rotatable bonds is 7. The van der Waals surface area contributed by atoms with E-state index in [9.17, 15) is 9.59 Å². The second-order valence-corrected chi connectivity index (χ2v) is 4.18. The molecule has 16 heavy (non-hydrogen) atoms. The summed E-state index contributed by atoms with van der Waals surface area (Å²) in [5.41, 5.74) is 5.58. The normalized spacial score (nSPS) is 13.6. The SMILES string of the molecule is C#CCC(NC(=O)[C@@H](N)CCSC)C(=O)O. The predicted molar refractivity (Wildman–Crippen MR) is 64.0 cm³/mol. The lowest BCUT2D eigenvalue weighted by atomic mass is 10.1. The van der Waals surface area contributed by atoms with Crippen LogP contribution in [0.5, 0.6) is 0 Å². The molecule has 0 fully saturated rings. The summed E-state index contributed by atoms with van der Waals surface area (Å²) < 4.78 is 0. The van der Waals surface area contributed by atoms with E-state index in [2.05, 4.69) is 11.2 Å². The number of nitrogens with two attached hydrogens (primary N) is 1. The predicted octanol–water partition coefficient (Wildman–Crippen LogP) is -0.340. The van der Waals surface area contributed by atoms with E-state index in [-0.39, 0.29) is 6.42 Å². The molecule has 0 aromatic carbocycles. The van der Waals surface area contributed by atoms with Crippen LogP contribution in [0.2, 0.25) is 0 Å². The standard InChI is InChI=1S/C10H16N2O3S/c1-3-4-8(10(14)15)12-9(13)7(11)5-6-16-2/h1,7-8H,4-6,11H2,2H3,(H,12,13)(H,14,15)/t7-,8?/m0/s1. The number of nitrogens with one attached hydrogen (secondary N) is 1. The molecule has 0 aliphatic rings. The average Bonchev–Trinajstić information content (AvgIpc) is 2.24. The van der Waals surface area contributed by atoms with Crippen LogP contribution >= 0.6 is 11.8 Å². The molecule has 5 nitrogen and oxygen atoms in total. The van der Waals surface area contributed by atoms with Crippen molar-refractivity contribution in [3.8, 4) is 12.3 Å². The quantitative estimate of drug-likeness (QED) is 0.533. The summed E-state index contributed by atoms with van der Waals surface area (Å²) in [6, 6.07) is -1.75. The van der Waals surface area contributed by atoms with Gasteiger partial charge in [-0.05, 0) is 18.4 Å². The van der Waals surface area contributed by atoms with E-state index in [1.54, 1.807) is 11.8 Å². The highest BCUT2D eigenvalue weighted by molar-refractivity contribution is 7.98. The van der Waals surface area contributed by atoms with Gasteiger partial charge in [0.2, 0.25) is 5.91 Å². The number of carbonyl (C=O) groups excluding carboxylic acids is 1. The number of aliphatic carboxylic acids is 1. The van der Waals surface area contributed by atoms with E-state index >= 15 is 0 Å². The number of hydrogen-bond donors (Lipinski definition) is 3. The third-order valence-electron chi connectivity index (χ3n) is 1.91. The molecule has 0 bridgehead atoms. The van der Waals surface area contributed by atoms with Gasteiger partial charge >= 0.3 is 5.97 Å². The highest BCUT2D eigenvalue weighted by atomic mass is 32.2. The Morgan fingerprint density at radius 1 is 1.62 bits per heavy atom. The van der Waals surface area contributed by atoms with Crippen LogP contribution in [-0.2, 0) is 9.59 Å². The van der Waals surface area contributed by atoms with Gasteiger partial charge in [0, 0.05) is 6.42 Å². The third-order valence-corrected chi connectivity index (χ3v) is 2.55. The van der Waals surface area contributed by atoms with Crippen molar-refractivity contribution < 1.29 is 14.7 Å². The number of carboxylic acids is 1. The minimum absolute atomic E-state index is 0.0453. The van der Waals surface area contributed by atoms with Gasteiger partial charge in [0.05, 0.1) is 6.04 Å². The molecule has 0 rings (SSSR count). The first kappa shape index (κ1) is 14.8. The molecule has 2 atom stereocenters. The van der Waals surface area contributed by atoms with Crippen molar-refractivity contribution in [2.24, 2.45) is 5.73 Å². The Kier molecular flexibility index (Phi) is 7.42. The second-order valence-electron chi connectivity index (χ2n) is 3.20. The minimum atomic E-state index is -1.15. The van der Waals surface area contributed by atoms with Gasteiger partial charge in [-0.2, -0.15) is 11.8 Å². The van der Waals surface area contributed by atoms with Crippen LogP contribution in [0, 0.1) is 12.3 Å². The fraction of sp³-hybridized carbons (Fsp3) is 0.600. The highest BCUT2D eigenvalue weighted by Crippen LogP contribution is 2.00. The van der Waals surface area contributed by atoms with Crippen LogP contribution in [0.1, 0.15) is 12.8 Å². The van der Waals surface area contributed by atoms with E-state index in [1.165, 1.54) is 0 Å². The summed E-state index contributed by atoms with van der Waals surface area (Å²) in [5, 5.41) is 11.1. The molecule has 0 radical (unpaired) electrons. The fourth-order valence-corrected chi connectivity index (χ4v) is 1.46. The molecule has 4 N–H and O–H groups in total. The van der Waals surface area contributed by atoms with E-state index < -0.39 is 24.0 Å². The minimum Gasteiger partial charge on any atom is -0.480 e. The molecular formula is C10H16N2O3S. The zero-order valence-corrected chi connectivity index (χ0v) is 9.92. The molecule has 0 saturated carbocycles. The Balaban J connectivity index is 4.18. The van der Waals surface area contributed by atoms with E-state index in [0.29, 0.717) is 6.42 Å². The molecule has 0 aromatic heterocycles. The molecule has 1 unspecified atom stereocenters. The lowest BCUT2D eigenvalue weighted by Crippen LogP contribution is -2.48. The monoisotopic (exact) mass is 244 g/mol. The van der Waals surface area contributed by atoms with Gasteiger partial charge in [-0.25, -0.2) is 4.79 Å². The summed E-state index contributed by atoms with van der Waals surface area (Å²) in [6.45, 7) is 0. The van der Waals surface area contributed by atoms with E-state index in [0.717, 1.165) is 5.75 Å². The van der Waals surface area contributed by atoms with Gasteiger partial charge in [-0.1, -0.05) is 0 Å². The highest BCUT2D eigenvalue weighted by Gasteiger charge is 2.21. The molecule has 6 heteroatoms. The van der Waals surface area contributed by atoms with E-state index in [1.807, 2.05) is 6.26 Å². The maximum absolute atomic E-state index is 11.5. The summed E-state index contributed by atoms with van der Waals surface area (Å²) in [5.74, 6) is 1.32. The summed E-state index contributed by atoms with van der Waals surface area (Å²) in [6.07, 6.45) is 7.37. The fourth-order valence-electron chi connectivity index (χ4n) is 0.973. The van der Waals surface area contributed by atoms with Gasteiger partial charge in [0.25, 0.3) is 0 Å². The molecule has 0 heterocycles. The van der Waals surface area contributed by atoms with Crippen molar-refractivity contribution in [3.05, 3.63) is 0 Å². The molecule has 1 amide bonds. The Hall–Kier alpha value is -1.19. The zero-order chi connectivity index (χ0) is 12.6. The van der Waals surface area contributed by atoms with Crippen molar-refractivity contribution in [1.29, 1.82) is 0 Å². The van der Waals surface area contributed by atoms with Crippen LogP contribution in [0.4, 0.5) is 0 Å². The topological polar surface area (TPSA) is 92.4 Å². The Morgan fingerprint density at radius 2 is 2.25 bits per heavy atom. The number of carbonyl (C=O) groups is 2. The van der Waals surface area contributed by atoms with Crippen molar-refractivity contribution >= 4 is 23.6 Å². The largest absolute Gasteiger partial charge is 0.480 e. The third kappa shape index (κ3) is 5.63. The summed E-state index contributed by atoms with van der Waals surface area (Å²) >= 11 is 1.57. The van der Waals surface area contributed by atoms with Crippen LogP contribution in [0.25, 0.3) is 0 Å². The van der Waals surface area contributed by atoms with Crippen LogP contribution in [-0.4, -0.2) is 41.1 Å². The van der Waals surface area contributed by atoms with Gasteiger partial charge in [-0.15, -0.1) is 12.3 Å². The molecule has 0 aromatic rings. The number of thioether (sulfide) groups is 1. The number of terminal acetylenes is 1. The van der Waals surface area contributed by atoms with Crippen LogP contribution in [0.3, 0.4) is 0 Å². The molecule has 90 valence electrons. The van der Waals surface area contributed by atoms with Crippen molar-refractivity contribution in [2.45, 2.75) is 24.9 Å². The van der Waals surface area contributed by atoms with Crippen LogP contribution in [0.15, 0.2) is 0 Å². The first-order valence-corrected chi connectivity index (χ1v) is 6.13. The summed E-state index contributed by atoms with van der Waals surface area (Å²) in [4.78, 5) is 22.2. The maximum Gasteiger partial charge on any atom is 0.327 e. The first-order valence-electron chi connectivity index (χ1n) is 4.74. The van der Waals surface area contributed by atoms with E-state index in [4.69, 9.17) is 17.3 Å². The Morgan fingerprint density at radius 3 is 2.69 bits per heavy atom. The van der Waals surface area contributed by atoms with Crippen LogP contribution < -0.4 is 11.1 Å². The second kappa shape index (κ2) is 8.02. The lowest BCUT2D eigenvalue weighted by molar-refractivity contribution is -0.141. The average molecular weight is 244 g/mol. The molecule has 0 aliphatic carbocycles. The maximum atomic E-state index is 11.5. The van der Waals surface area contributed by atoms with Crippen molar-refractivity contribution in [1.82, 2.24) is 5.32 Å². The smallest absolute Gasteiger partial charge is 0.327 e. The lowest BCUT2D eigenvalue weighted by Gasteiger charge is -2.15.